The van der Waals surface area contributed by atoms with Crippen LogP contribution in [0.2, 0.25) is 0 Å². The van der Waals surface area contributed by atoms with E-state index in [9.17, 15) is 9.00 Å². The summed E-state index contributed by atoms with van der Waals surface area (Å²) in [5.41, 5.74) is 1.63. The van der Waals surface area contributed by atoms with Crippen molar-refractivity contribution in [2.45, 2.75) is 23.7 Å². The Morgan fingerprint density at radius 1 is 1.35 bits per heavy atom. The first-order valence-electron chi connectivity index (χ1n) is 6.34. The van der Waals surface area contributed by atoms with E-state index in [1.165, 1.54) is 24.2 Å². The van der Waals surface area contributed by atoms with Crippen molar-refractivity contribution in [1.29, 1.82) is 0 Å². The van der Waals surface area contributed by atoms with Crippen LogP contribution in [-0.4, -0.2) is 21.4 Å². The average molecular weight is 306 g/mol. The Morgan fingerprint density at radius 3 is 2.65 bits per heavy atom. The van der Waals surface area contributed by atoms with E-state index in [4.69, 9.17) is 0 Å². The van der Waals surface area contributed by atoms with Crippen molar-refractivity contribution in [2.24, 2.45) is 0 Å². The van der Waals surface area contributed by atoms with E-state index in [0.717, 1.165) is 5.69 Å². The number of hydrogen-bond donors (Lipinski definition) is 1. The number of thiazole rings is 1. The molecule has 1 atom stereocenters. The van der Waals surface area contributed by atoms with Crippen LogP contribution in [0.1, 0.15) is 34.8 Å². The Morgan fingerprint density at radius 2 is 2.05 bits per heavy atom. The molecule has 1 saturated carbocycles. The predicted molar refractivity (Wildman–Crippen MR) is 80.8 cm³/mol. The van der Waals surface area contributed by atoms with Gasteiger partial charge in [-0.15, -0.1) is 11.3 Å². The second-order valence-corrected chi connectivity index (χ2v) is 7.02. The minimum Gasteiger partial charge on any atom is -0.298 e. The maximum Gasteiger partial charge on any atom is 0.257 e. The lowest BCUT2D eigenvalue weighted by Gasteiger charge is -2.02. The third-order valence-corrected chi connectivity index (χ3v) is 4.90. The predicted octanol–water partition coefficient (Wildman–Crippen LogP) is 3.01. The number of nitrogens with zero attached hydrogens (tertiary/aromatic N) is 1. The highest BCUT2D eigenvalue weighted by Crippen LogP contribution is 2.40. The Hall–Kier alpha value is -1.53. The summed E-state index contributed by atoms with van der Waals surface area (Å²) in [6.07, 6.45) is 4.02. The van der Waals surface area contributed by atoms with E-state index < -0.39 is 10.8 Å². The molecule has 2 aromatic rings. The topological polar surface area (TPSA) is 59.1 Å². The van der Waals surface area contributed by atoms with Gasteiger partial charge in [-0.25, -0.2) is 4.98 Å². The van der Waals surface area contributed by atoms with Crippen molar-refractivity contribution in [3.05, 3.63) is 40.9 Å². The van der Waals surface area contributed by atoms with Crippen molar-refractivity contribution in [3.63, 3.8) is 0 Å². The molecule has 1 aromatic heterocycles. The molecular formula is C14H14N2O2S2. The van der Waals surface area contributed by atoms with Crippen LogP contribution in [0.25, 0.3) is 0 Å². The van der Waals surface area contributed by atoms with Gasteiger partial charge in [0.05, 0.1) is 5.69 Å². The number of carbonyl (C=O) groups is 1. The van der Waals surface area contributed by atoms with Gasteiger partial charge in [-0.05, 0) is 37.1 Å². The van der Waals surface area contributed by atoms with E-state index in [0.29, 0.717) is 21.5 Å². The van der Waals surface area contributed by atoms with E-state index in [2.05, 4.69) is 10.3 Å². The highest BCUT2D eigenvalue weighted by Gasteiger charge is 2.26. The first kappa shape index (κ1) is 13.5. The SMILES string of the molecule is CS(=O)c1ccc(C(=O)Nc2nc(C3CC3)cs2)cc1. The number of rotatable bonds is 4. The lowest BCUT2D eigenvalue weighted by Crippen LogP contribution is -2.11. The summed E-state index contributed by atoms with van der Waals surface area (Å²) in [6.45, 7) is 0. The molecule has 1 heterocycles. The molecule has 0 radical (unpaired) electrons. The second-order valence-electron chi connectivity index (χ2n) is 4.78. The average Bonchev–Trinajstić information content (AvgIpc) is 3.20. The van der Waals surface area contributed by atoms with Crippen molar-refractivity contribution < 1.29 is 9.00 Å². The molecule has 104 valence electrons. The summed E-state index contributed by atoms with van der Waals surface area (Å²) < 4.78 is 11.3. The number of benzene rings is 1. The third kappa shape index (κ3) is 2.96. The van der Waals surface area contributed by atoms with Crippen LogP contribution in [0, 0.1) is 0 Å². The van der Waals surface area contributed by atoms with Crippen LogP contribution in [0.5, 0.6) is 0 Å². The molecule has 1 amide bonds. The van der Waals surface area contributed by atoms with E-state index >= 15 is 0 Å². The zero-order valence-electron chi connectivity index (χ0n) is 11.0. The van der Waals surface area contributed by atoms with Gasteiger partial charge in [0.25, 0.3) is 5.91 Å². The number of nitrogens with one attached hydrogen (secondary N) is 1. The van der Waals surface area contributed by atoms with Gasteiger partial charge in [-0.3, -0.25) is 14.3 Å². The highest BCUT2D eigenvalue weighted by atomic mass is 32.2. The van der Waals surface area contributed by atoms with Crippen LogP contribution in [0.3, 0.4) is 0 Å². The molecule has 0 spiro atoms. The van der Waals surface area contributed by atoms with Crippen molar-refractivity contribution in [3.8, 4) is 0 Å². The largest absolute Gasteiger partial charge is 0.298 e. The molecule has 3 rings (SSSR count). The maximum absolute atomic E-state index is 12.1. The summed E-state index contributed by atoms with van der Waals surface area (Å²) in [4.78, 5) is 17.2. The van der Waals surface area contributed by atoms with Crippen LogP contribution in [-0.2, 0) is 10.8 Å². The minimum atomic E-state index is -1.03. The first-order chi connectivity index (χ1) is 9.63. The summed E-state index contributed by atoms with van der Waals surface area (Å²) in [7, 11) is -1.03. The summed E-state index contributed by atoms with van der Waals surface area (Å²) in [6, 6.07) is 6.79. The normalized spacial score (nSPS) is 15.8. The molecule has 6 heteroatoms. The van der Waals surface area contributed by atoms with Gasteiger partial charge in [0, 0.05) is 38.8 Å². The summed E-state index contributed by atoms with van der Waals surface area (Å²) in [5.74, 6) is 0.408. The van der Waals surface area contributed by atoms with Crippen LogP contribution >= 0.6 is 11.3 Å². The van der Waals surface area contributed by atoms with Gasteiger partial charge in [-0.2, -0.15) is 0 Å². The number of hydrogen-bond acceptors (Lipinski definition) is 4. The molecule has 1 aliphatic rings. The Labute approximate surface area is 123 Å². The van der Waals surface area contributed by atoms with E-state index in [1.807, 2.05) is 5.38 Å². The second kappa shape index (κ2) is 5.46. The monoisotopic (exact) mass is 306 g/mol. The van der Waals surface area contributed by atoms with Crippen molar-refractivity contribution in [2.75, 3.05) is 11.6 Å². The van der Waals surface area contributed by atoms with Gasteiger partial charge in [-0.1, -0.05) is 0 Å². The Kier molecular flexibility index (Phi) is 3.67. The lowest BCUT2D eigenvalue weighted by molar-refractivity contribution is 0.102. The molecule has 0 aliphatic heterocycles. The Balaban J connectivity index is 1.69. The molecule has 1 aliphatic carbocycles. The summed E-state index contributed by atoms with van der Waals surface area (Å²) >= 11 is 1.46. The highest BCUT2D eigenvalue weighted by molar-refractivity contribution is 7.84. The molecule has 1 unspecified atom stereocenters. The van der Waals surface area contributed by atoms with Gasteiger partial charge in [0.1, 0.15) is 0 Å². The molecule has 1 fully saturated rings. The number of amides is 1. The zero-order valence-corrected chi connectivity index (χ0v) is 12.6. The fourth-order valence-electron chi connectivity index (χ4n) is 1.88. The molecule has 1 N–H and O–H groups in total. The van der Waals surface area contributed by atoms with Gasteiger partial charge < -0.3 is 0 Å². The number of anilines is 1. The smallest absolute Gasteiger partial charge is 0.257 e. The van der Waals surface area contributed by atoms with Gasteiger partial charge in [0.15, 0.2) is 5.13 Å². The quantitative estimate of drug-likeness (QED) is 0.944. The maximum atomic E-state index is 12.1. The summed E-state index contributed by atoms with van der Waals surface area (Å²) in [5, 5.41) is 5.45. The molecule has 0 bridgehead atoms. The lowest BCUT2D eigenvalue weighted by atomic mass is 10.2. The molecule has 1 aromatic carbocycles. The molecule has 0 saturated heterocycles. The standard InChI is InChI=1S/C14H14N2O2S2/c1-20(18)11-6-4-10(5-7-11)13(17)16-14-15-12(8-19-14)9-2-3-9/h4-9H,2-3H2,1H3,(H,15,16,17). The van der Waals surface area contributed by atoms with Crippen LogP contribution in [0.15, 0.2) is 34.5 Å². The van der Waals surface area contributed by atoms with E-state index in [-0.39, 0.29) is 5.91 Å². The van der Waals surface area contributed by atoms with Gasteiger partial charge >= 0.3 is 0 Å². The minimum absolute atomic E-state index is 0.185. The Bertz CT molecular complexity index is 660. The van der Waals surface area contributed by atoms with Crippen LogP contribution in [0.4, 0.5) is 5.13 Å². The van der Waals surface area contributed by atoms with Crippen molar-refractivity contribution >= 4 is 33.2 Å². The van der Waals surface area contributed by atoms with Crippen LogP contribution < -0.4 is 5.32 Å². The molecular weight excluding hydrogens is 292 g/mol. The third-order valence-electron chi connectivity index (χ3n) is 3.19. The first-order valence-corrected chi connectivity index (χ1v) is 8.77. The van der Waals surface area contributed by atoms with Crippen molar-refractivity contribution in [1.82, 2.24) is 4.98 Å². The number of carbonyl (C=O) groups excluding carboxylic acids is 1. The van der Waals surface area contributed by atoms with Gasteiger partial charge in [0.2, 0.25) is 0 Å². The number of aromatic nitrogens is 1. The zero-order chi connectivity index (χ0) is 14.1. The molecule has 4 nitrogen and oxygen atoms in total. The fourth-order valence-corrected chi connectivity index (χ4v) is 3.18. The van der Waals surface area contributed by atoms with E-state index in [1.54, 1.807) is 30.5 Å². The molecule has 20 heavy (non-hydrogen) atoms. The fraction of sp³-hybridized carbons (Fsp3) is 0.286.